The van der Waals surface area contributed by atoms with E-state index < -0.39 is 0 Å². The number of aromatic nitrogens is 2. The van der Waals surface area contributed by atoms with Crippen molar-refractivity contribution in [3.05, 3.63) is 47.7 Å². The molecule has 0 N–H and O–H groups in total. The van der Waals surface area contributed by atoms with Crippen molar-refractivity contribution in [2.45, 2.75) is 0 Å². The summed E-state index contributed by atoms with van der Waals surface area (Å²) in [6.07, 6.45) is 4.63. The van der Waals surface area contributed by atoms with E-state index >= 15 is 0 Å². The monoisotopic (exact) mass is 228 g/mol. The molecule has 3 nitrogen and oxygen atoms in total. The zero-order chi connectivity index (χ0) is 11.0. The first kappa shape index (κ1) is 9.30. The van der Waals surface area contributed by atoms with E-state index in [9.17, 15) is 4.79 Å². The molecule has 0 radical (unpaired) electrons. The zero-order valence-corrected chi connectivity index (χ0v) is 9.15. The third kappa shape index (κ3) is 1.27. The van der Waals surface area contributed by atoms with Crippen molar-refractivity contribution in [3.63, 3.8) is 0 Å². The molecule has 0 amide bonds. The van der Waals surface area contributed by atoms with Crippen LogP contribution in [0.3, 0.4) is 0 Å². The number of rotatable bonds is 2. The molecular weight excluding hydrogens is 220 g/mol. The molecule has 3 rings (SSSR count). The van der Waals surface area contributed by atoms with Crippen molar-refractivity contribution in [2.24, 2.45) is 0 Å². The van der Waals surface area contributed by atoms with Crippen molar-refractivity contribution < 1.29 is 4.79 Å². The predicted octanol–water partition coefficient (Wildman–Crippen LogP) is 2.88. The molecule has 16 heavy (non-hydrogen) atoms. The quantitative estimate of drug-likeness (QED) is 0.632. The van der Waals surface area contributed by atoms with Gasteiger partial charge in [-0.15, -0.1) is 11.3 Å². The van der Waals surface area contributed by atoms with E-state index in [0.29, 0.717) is 5.56 Å². The zero-order valence-electron chi connectivity index (χ0n) is 8.33. The van der Waals surface area contributed by atoms with Crippen LogP contribution in [0.2, 0.25) is 0 Å². The molecule has 3 aromatic rings. The molecule has 0 saturated heterocycles. The van der Waals surface area contributed by atoms with Crippen LogP contribution in [0, 0.1) is 0 Å². The minimum absolute atomic E-state index is 0.704. The Morgan fingerprint density at radius 3 is 3.06 bits per heavy atom. The molecule has 0 fully saturated rings. The van der Waals surface area contributed by atoms with E-state index in [1.54, 1.807) is 11.7 Å². The highest BCUT2D eigenvalue weighted by molar-refractivity contribution is 7.13. The first-order valence-electron chi connectivity index (χ1n) is 4.84. The van der Waals surface area contributed by atoms with Crippen molar-refractivity contribution in [1.82, 2.24) is 9.38 Å². The van der Waals surface area contributed by atoms with E-state index in [2.05, 4.69) is 4.98 Å². The number of thiazole rings is 1. The first-order valence-corrected chi connectivity index (χ1v) is 5.72. The second-order valence-electron chi connectivity index (χ2n) is 3.43. The van der Waals surface area contributed by atoms with E-state index in [4.69, 9.17) is 0 Å². The van der Waals surface area contributed by atoms with Gasteiger partial charge in [0.05, 0.1) is 16.1 Å². The van der Waals surface area contributed by atoms with Crippen molar-refractivity contribution >= 4 is 23.1 Å². The first-order chi connectivity index (χ1) is 7.90. The third-order valence-corrected chi connectivity index (χ3v) is 3.28. The number of carbonyl (C=O) groups is 1. The van der Waals surface area contributed by atoms with Gasteiger partial charge in [-0.2, -0.15) is 0 Å². The Labute approximate surface area is 96.0 Å². The second-order valence-corrected chi connectivity index (χ2v) is 4.31. The molecule has 78 valence electrons. The Balaban J connectivity index is 2.40. The molecule has 3 aromatic heterocycles. The lowest BCUT2D eigenvalue weighted by molar-refractivity contribution is 0.112. The van der Waals surface area contributed by atoms with Crippen LogP contribution in [0.4, 0.5) is 0 Å². The van der Waals surface area contributed by atoms with Gasteiger partial charge in [0, 0.05) is 23.5 Å². The van der Waals surface area contributed by atoms with Gasteiger partial charge in [0.2, 0.25) is 0 Å². The summed E-state index contributed by atoms with van der Waals surface area (Å²) in [5.74, 6) is 0. The molecule has 0 spiro atoms. The number of aldehydes is 1. The van der Waals surface area contributed by atoms with Crippen LogP contribution in [-0.4, -0.2) is 15.7 Å². The summed E-state index contributed by atoms with van der Waals surface area (Å²) in [5, 5.41) is 0. The molecule has 0 saturated carbocycles. The van der Waals surface area contributed by atoms with E-state index in [-0.39, 0.29) is 0 Å². The molecule has 4 heteroatoms. The number of carbonyl (C=O) groups excluding carboxylic acids is 1. The van der Waals surface area contributed by atoms with Gasteiger partial charge >= 0.3 is 0 Å². The lowest BCUT2D eigenvalue weighted by atomic mass is 10.2. The normalized spacial score (nSPS) is 10.8. The molecule has 0 atom stereocenters. The van der Waals surface area contributed by atoms with Crippen molar-refractivity contribution in [3.8, 4) is 10.6 Å². The van der Waals surface area contributed by atoms with E-state index in [0.717, 1.165) is 22.4 Å². The molecule has 3 heterocycles. The Morgan fingerprint density at radius 1 is 1.38 bits per heavy atom. The van der Waals surface area contributed by atoms with Crippen LogP contribution < -0.4 is 0 Å². The summed E-state index contributed by atoms with van der Waals surface area (Å²) >= 11 is 1.53. The topological polar surface area (TPSA) is 34.4 Å². The van der Waals surface area contributed by atoms with Crippen LogP contribution in [0.5, 0.6) is 0 Å². The van der Waals surface area contributed by atoms with Gasteiger partial charge < -0.3 is 4.40 Å². The molecule has 0 unspecified atom stereocenters. The fourth-order valence-electron chi connectivity index (χ4n) is 1.83. The maximum atomic E-state index is 11.1. The lowest BCUT2D eigenvalue weighted by Crippen LogP contribution is -1.87. The van der Waals surface area contributed by atoms with Crippen LogP contribution >= 0.6 is 11.3 Å². The lowest BCUT2D eigenvalue weighted by Gasteiger charge is -1.99. The van der Waals surface area contributed by atoms with Gasteiger partial charge in [-0.25, -0.2) is 0 Å². The molecule has 0 bridgehead atoms. The SMILES string of the molecule is O=Cc1cc2ccccn2c1-c1cncs1. The van der Waals surface area contributed by atoms with E-state index in [1.165, 1.54) is 11.3 Å². The van der Waals surface area contributed by atoms with Gasteiger partial charge in [-0.3, -0.25) is 9.78 Å². The Bertz CT molecular complexity index is 640. The van der Waals surface area contributed by atoms with Crippen LogP contribution in [0.25, 0.3) is 16.1 Å². The smallest absolute Gasteiger partial charge is 0.152 e. The third-order valence-electron chi connectivity index (χ3n) is 2.50. The summed E-state index contributed by atoms with van der Waals surface area (Å²) in [6, 6.07) is 7.78. The molecule has 0 aliphatic rings. The Kier molecular flexibility index (Phi) is 2.08. The summed E-state index contributed by atoms with van der Waals surface area (Å²) < 4.78 is 2.01. The summed E-state index contributed by atoms with van der Waals surface area (Å²) in [6.45, 7) is 0. The number of pyridine rings is 1. The number of fused-ring (bicyclic) bond motifs is 1. The average Bonchev–Trinajstić information content (AvgIpc) is 2.94. The van der Waals surface area contributed by atoms with Crippen molar-refractivity contribution in [2.75, 3.05) is 0 Å². The molecule has 0 aliphatic carbocycles. The van der Waals surface area contributed by atoms with Crippen LogP contribution in [0.15, 0.2) is 42.2 Å². The predicted molar refractivity (Wildman–Crippen MR) is 63.9 cm³/mol. The fraction of sp³-hybridized carbons (Fsp3) is 0. The number of nitrogens with zero attached hydrogens (tertiary/aromatic N) is 2. The highest BCUT2D eigenvalue weighted by atomic mass is 32.1. The van der Waals surface area contributed by atoms with Crippen LogP contribution in [0.1, 0.15) is 10.4 Å². The highest BCUT2D eigenvalue weighted by Crippen LogP contribution is 2.28. The van der Waals surface area contributed by atoms with E-state index in [1.807, 2.05) is 34.9 Å². The summed E-state index contributed by atoms with van der Waals surface area (Å²) in [5.41, 5.74) is 4.42. The molecular formula is C12H8N2OS. The van der Waals surface area contributed by atoms with Gasteiger partial charge in [-0.1, -0.05) is 6.07 Å². The molecule has 0 aromatic carbocycles. The minimum Gasteiger partial charge on any atom is -0.315 e. The Morgan fingerprint density at radius 2 is 2.31 bits per heavy atom. The fourth-order valence-corrected chi connectivity index (χ4v) is 2.51. The Hall–Kier alpha value is -1.94. The van der Waals surface area contributed by atoms with Gasteiger partial charge in [0.1, 0.15) is 0 Å². The summed E-state index contributed by atoms with van der Waals surface area (Å²) in [7, 11) is 0. The average molecular weight is 228 g/mol. The summed E-state index contributed by atoms with van der Waals surface area (Å²) in [4.78, 5) is 16.1. The van der Waals surface area contributed by atoms with Crippen LogP contribution in [-0.2, 0) is 0 Å². The second kappa shape index (κ2) is 3.57. The van der Waals surface area contributed by atoms with Gasteiger partial charge in [0.15, 0.2) is 6.29 Å². The maximum Gasteiger partial charge on any atom is 0.152 e. The van der Waals surface area contributed by atoms with Crippen molar-refractivity contribution in [1.29, 1.82) is 0 Å². The minimum atomic E-state index is 0.704. The standard InChI is InChI=1S/C12H8N2OS/c15-7-9-5-10-3-1-2-4-14(10)12(9)11-6-13-8-16-11/h1-8H. The molecule has 0 aliphatic heterocycles. The number of hydrogen-bond acceptors (Lipinski definition) is 3. The maximum absolute atomic E-state index is 11.1. The van der Waals surface area contributed by atoms with Gasteiger partial charge in [-0.05, 0) is 18.2 Å². The highest BCUT2D eigenvalue weighted by Gasteiger charge is 2.12. The number of hydrogen-bond donors (Lipinski definition) is 0. The van der Waals surface area contributed by atoms with Gasteiger partial charge in [0.25, 0.3) is 0 Å². The largest absolute Gasteiger partial charge is 0.315 e.